The van der Waals surface area contributed by atoms with Gasteiger partial charge >= 0.3 is 0 Å². The van der Waals surface area contributed by atoms with E-state index in [1.807, 2.05) is 60.8 Å². The van der Waals surface area contributed by atoms with Crippen molar-refractivity contribution in [1.29, 1.82) is 0 Å². The molecule has 0 fully saturated rings. The highest BCUT2D eigenvalue weighted by Gasteiger charge is 2.11. The predicted octanol–water partition coefficient (Wildman–Crippen LogP) is 3.91. The summed E-state index contributed by atoms with van der Waals surface area (Å²) in [6.45, 7) is 0. The minimum absolute atomic E-state index is 0.552. The molecule has 106 valence electrons. The molecule has 3 rings (SSSR count). The average Bonchev–Trinajstić information content (AvgIpc) is 3.00. The fraction of sp³-hybridized carbons (Fsp3) is 0.118. The summed E-state index contributed by atoms with van der Waals surface area (Å²) in [5, 5.41) is 14.7. The van der Waals surface area contributed by atoms with Crippen molar-refractivity contribution in [3.63, 3.8) is 0 Å². The van der Waals surface area contributed by atoms with E-state index >= 15 is 0 Å². The molecule has 0 bridgehead atoms. The van der Waals surface area contributed by atoms with E-state index in [1.54, 1.807) is 10.9 Å². The standard InChI is InChI=1S/C17H15BrN2O/c18-15-8-6-13(7-9-15)10-17(21)14-11-19-20(12-14)16-4-2-1-3-5-16/h1-9,11-12,17,21H,10H2. The molecular formula is C17H15BrN2O. The van der Waals surface area contributed by atoms with Crippen molar-refractivity contribution in [2.45, 2.75) is 12.5 Å². The zero-order chi connectivity index (χ0) is 14.7. The lowest BCUT2D eigenvalue weighted by Crippen LogP contribution is -2.00. The molecule has 2 aromatic carbocycles. The maximum Gasteiger partial charge on any atom is 0.0860 e. The first-order chi connectivity index (χ1) is 10.2. The van der Waals surface area contributed by atoms with E-state index in [4.69, 9.17) is 0 Å². The molecule has 1 heterocycles. The van der Waals surface area contributed by atoms with Crippen LogP contribution in [0.15, 0.2) is 71.5 Å². The van der Waals surface area contributed by atoms with Gasteiger partial charge in [0.2, 0.25) is 0 Å². The van der Waals surface area contributed by atoms with Crippen molar-refractivity contribution in [2.24, 2.45) is 0 Å². The summed E-state index contributed by atoms with van der Waals surface area (Å²) < 4.78 is 2.82. The van der Waals surface area contributed by atoms with Gasteiger partial charge in [0.25, 0.3) is 0 Å². The monoisotopic (exact) mass is 342 g/mol. The predicted molar refractivity (Wildman–Crippen MR) is 86.4 cm³/mol. The minimum Gasteiger partial charge on any atom is -0.388 e. The Labute approximate surface area is 132 Å². The molecule has 1 N–H and O–H groups in total. The van der Waals surface area contributed by atoms with Crippen LogP contribution in [0.4, 0.5) is 0 Å². The molecule has 0 saturated heterocycles. The third-order valence-corrected chi connectivity index (χ3v) is 3.88. The van der Waals surface area contributed by atoms with Crippen molar-refractivity contribution in [3.05, 3.63) is 82.6 Å². The van der Waals surface area contributed by atoms with Crippen molar-refractivity contribution in [1.82, 2.24) is 9.78 Å². The summed E-state index contributed by atoms with van der Waals surface area (Å²) in [7, 11) is 0. The Morgan fingerprint density at radius 1 is 1.05 bits per heavy atom. The van der Waals surface area contributed by atoms with Crippen LogP contribution < -0.4 is 0 Å². The number of hydrogen-bond donors (Lipinski definition) is 1. The van der Waals surface area contributed by atoms with E-state index in [2.05, 4.69) is 21.0 Å². The molecule has 1 aromatic heterocycles. The van der Waals surface area contributed by atoms with Crippen LogP contribution in [0, 0.1) is 0 Å². The zero-order valence-electron chi connectivity index (χ0n) is 11.4. The Kier molecular flexibility index (Phi) is 4.18. The SMILES string of the molecule is OC(Cc1ccc(Br)cc1)c1cnn(-c2ccccc2)c1. The van der Waals surface area contributed by atoms with Gasteiger partial charge < -0.3 is 5.11 Å². The molecule has 21 heavy (non-hydrogen) atoms. The number of rotatable bonds is 4. The quantitative estimate of drug-likeness (QED) is 0.780. The molecule has 0 saturated carbocycles. The van der Waals surface area contributed by atoms with Crippen molar-refractivity contribution in [3.8, 4) is 5.69 Å². The highest BCUT2D eigenvalue weighted by Crippen LogP contribution is 2.20. The number of hydrogen-bond acceptors (Lipinski definition) is 2. The first-order valence-electron chi connectivity index (χ1n) is 6.75. The van der Waals surface area contributed by atoms with Gasteiger partial charge in [-0.05, 0) is 29.8 Å². The van der Waals surface area contributed by atoms with E-state index < -0.39 is 6.10 Å². The van der Waals surface area contributed by atoms with Gasteiger partial charge in [0.05, 0.1) is 18.0 Å². The average molecular weight is 343 g/mol. The lowest BCUT2D eigenvalue weighted by molar-refractivity contribution is 0.178. The molecule has 0 aliphatic heterocycles. The minimum atomic E-state index is -0.552. The van der Waals surface area contributed by atoms with Crippen molar-refractivity contribution < 1.29 is 5.11 Å². The van der Waals surface area contributed by atoms with Crippen LogP contribution in [0.1, 0.15) is 17.2 Å². The second-order valence-electron chi connectivity index (χ2n) is 4.90. The highest BCUT2D eigenvalue weighted by atomic mass is 79.9. The maximum atomic E-state index is 10.3. The third-order valence-electron chi connectivity index (χ3n) is 3.35. The number of nitrogens with zero attached hydrogens (tertiary/aromatic N) is 2. The first-order valence-corrected chi connectivity index (χ1v) is 7.54. The van der Waals surface area contributed by atoms with Crippen LogP contribution in [0.3, 0.4) is 0 Å². The molecule has 0 amide bonds. The molecule has 3 aromatic rings. The first kappa shape index (κ1) is 14.0. The molecule has 0 aliphatic carbocycles. The van der Waals surface area contributed by atoms with Crippen LogP contribution in [0.2, 0.25) is 0 Å². The van der Waals surface area contributed by atoms with Gasteiger partial charge in [0.15, 0.2) is 0 Å². The Morgan fingerprint density at radius 2 is 1.76 bits per heavy atom. The molecule has 0 aliphatic rings. The van der Waals surface area contributed by atoms with E-state index in [1.165, 1.54) is 0 Å². The number of halogens is 1. The number of aliphatic hydroxyl groups excluding tert-OH is 1. The van der Waals surface area contributed by atoms with Gasteiger partial charge in [0.1, 0.15) is 0 Å². The Balaban J connectivity index is 1.75. The van der Waals surface area contributed by atoms with Crippen LogP contribution in [-0.4, -0.2) is 14.9 Å². The normalized spacial score (nSPS) is 12.3. The second kappa shape index (κ2) is 6.24. The summed E-state index contributed by atoms with van der Waals surface area (Å²) in [5.41, 5.74) is 2.90. The van der Waals surface area contributed by atoms with Gasteiger partial charge in [0, 0.05) is 22.7 Å². The van der Waals surface area contributed by atoms with E-state index in [-0.39, 0.29) is 0 Å². The molecule has 4 heteroatoms. The summed E-state index contributed by atoms with van der Waals surface area (Å²) in [4.78, 5) is 0. The number of aromatic nitrogens is 2. The lowest BCUT2D eigenvalue weighted by Gasteiger charge is -2.08. The van der Waals surface area contributed by atoms with E-state index in [0.29, 0.717) is 6.42 Å². The highest BCUT2D eigenvalue weighted by molar-refractivity contribution is 9.10. The Hall–Kier alpha value is -1.91. The number of benzene rings is 2. The van der Waals surface area contributed by atoms with Crippen LogP contribution in [0.25, 0.3) is 5.69 Å². The Bertz CT molecular complexity index is 707. The molecule has 0 spiro atoms. The van der Waals surface area contributed by atoms with Gasteiger partial charge in [-0.15, -0.1) is 0 Å². The zero-order valence-corrected chi connectivity index (χ0v) is 12.9. The largest absolute Gasteiger partial charge is 0.388 e. The summed E-state index contributed by atoms with van der Waals surface area (Å²) >= 11 is 3.41. The molecule has 1 atom stereocenters. The van der Waals surface area contributed by atoms with Crippen molar-refractivity contribution >= 4 is 15.9 Å². The van der Waals surface area contributed by atoms with Crippen LogP contribution >= 0.6 is 15.9 Å². The maximum absolute atomic E-state index is 10.3. The fourth-order valence-electron chi connectivity index (χ4n) is 2.19. The van der Waals surface area contributed by atoms with E-state index in [0.717, 1.165) is 21.3 Å². The molecule has 1 unspecified atom stereocenters. The summed E-state index contributed by atoms with van der Waals surface area (Å²) in [5.74, 6) is 0. The Morgan fingerprint density at radius 3 is 2.48 bits per heavy atom. The fourth-order valence-corrected chi connectivity index (χ4v) is 2.46. The molecular weight excluding hydrogens is 328 g/mol. The van der Waals surface area contributed by atoms with Gasteiger partial charge in [-0.3, -0.25) is 0 Å². The molecule has 3 nitrogen and oxygen atoms in total. The van der Waals surface area contributed by atoms with E-state index in [9.17, 15) is 5.11 Å². The van der Waals surface area contributed by atoms with Gasteiger partial charge in [-0.2, -0.15) is 5.10 Å². The van der Waals surface area contributed by atoms with Crippen molar-refractivity contribution in [2.75, 3.05) is 0 Å². The second-order valence-corrected chi connectivity index (χ2v) is 5.82. The summed E-state index contributed by atoms with van der Waals surface area (Å²) in [6, 6.07) is 17.9. The smallest absolute Gasteiger partial charge is 0.0860 e. The number of para-hydroxylation sites is 1. The topological polar surface area (TPSA) is 38.1 Å². The lowest BCUT2D eigenvalue weighted by atomic mass is 10.0. The van der Waals surface area contributed by atoms with Gasteiger partial charge in [-0.1, -0.05) is 46.3 Å². The number of aliphatic hydroxyl groups is 1. The van der Waals surface area contributed by atoms with Gasteiger partial charge in [-0.25, -0.2) is 4.68 Å². The summed E-state index contributed by atoms with van der Waals surface area (Å²) in [6.07, 6.45) is 3.62. The van der Waals surface area contributed by atoms with Crippen LogP contribution in [-0.2, 0) is 6.42 Å². The van der Waals surface area contributed by atoms with Crippen LogP contribution in [0.5, 0.6) is 0 Å². The third kappa shape index (κ3) is 3.40. The molecule has 0 radical (unpaired) electrons.